The van der Waals surface area contributed by atoms with E-state index in [9.17, 15) is 0 Å². The van der Waals surface area contributed by atoms with Crippen LogP contribution in [0.15, 0.2) is 18.2 Å². The fourth-order valence-electron chi connectivity index (χ4n) is 2.81. The number of rotatable bonds is 4. The van der Waals surface area contributed by atoms with Gasteiger partial charge in [-0.05, 0) is 49.9 Å². The van der Waals surface area contributed by atoms with Crippen LogP contribution in [0, 0.1) is 12.8 Å². The zero-order valence-electron chi connectivity index (χ0n) is 11.6. The second-order valence-electron chi connectivity index (χ2n) is 5.42. The first-order valence-electron chi connectivity index (χ1n) is 6.71. The number of nitrogens with zero attached hydrogens (tertiary/aromatic N) is 1. The zero-order chi connectivity index (χ0) is 13.1. The smallest absolute Gasteiger partial charge is 0.122 e. The minimum atomic E-state index is 0.630. The van der Waals surface area contributed by atoms with Gasteiger partial charge in [0.1, 0.15) is 5.75 Å². The molecule has 2 rings (SSSR count). The molecule has 1 fully saturated rings. The molecule has 18 heavy (non-hydrogen) atoms. The van der Waals surface area contributed by atoms with Gasteiger partial charge in [-0.15, -0.1) is 0 Å². The Morgan fingerprint density at radius 1 is 1.44 bits per heavy atom. The van der Waals surface area contributed by atoms with E-state index >= 15 is 0 Å². The van der Waals surface area contributed by atoms with E-state index in [1.807, 2.05) is 0 Å². The third-order valence-electron chi connectivity index (χ3n) is 3.98. The molecule has 1 saturated heterocycles. The summed E-state index contributed by atoms with van der Waals surface area (Å²) in [6.45, 7) is 7.28. The second kappa shape index (κ2) is 5.72. The largest absolute Gasteiger partial charge is 0.496 e. The standard InChI is InChI=1S/C15H24N2O/c1-11-4-5-13(7-15(11)18-3)9-17-10-14(8-16)6-12(17)2/h4-5,7,12,14H,6,8-10,16H2,1-3H3. The summed E-state index contributed by atoms with van der Waals surface area (Å²) in [5, 5.41) is 0. The van der Waals surface area contributed by atoms with Crippen molar-refractivity contribution in [2.75, 3.05) is 20.2 Å². The van der Waals surface area contributed by atoms with Gasteiger partial charge >= 0.3 is 0 Å². The number of aryl methyl sites for hydroxylation is 1. The van der Waals surface area contributed by atoms with Crippen LogP contribution in [-0.2, 0) is 6.54 Å². The Labute approximate surface area is 110 Å². The van der Waals surface area contributed by atoms with Crippen LogP contribution >= 0.6 is 0 Å². The van der Waals surface area contributed by atoms with Crippen LogP contribution in [0.25, 0.3) is 0 Å². The third kappa shape index (κ3) is 2.85. The highest BCUT2D eigenvalue weighted by Crippen LogP contribution is 2.26. The van der Waals surface area contributed by atoms with E-state index in [-0.39, 0.29) is 0 Å². The van der Waals surface area contributed by atoms with E-state index in [4.69, 9.17) is 10.5 Å². The number of likely N-dealkylation sites (tertiary alicyclic amines) is 1. The van der Waals surface area contributed by atoms with Gasteiger partial charge in [-0.1, -0.05) is 12.1 Å². The van der Waals surface area contributed by atoms with Gasteiger partial charge in [-0.25, -0.2) is 0 Å². The highest BCUT2D eigenvalue weighted by Gasteiger charge is 2.27. The molecule has 0 aromatic heterocycles. The van der Waals surface area contributed by atoms with E-state index in [2.05, 4.69) is 36.9 Å². The SMILES string of the molecule is COc1cc(CN2CC(CN)CC2C)ccc1C. The molecule has 2 N–H and O–H groups in total. The lowest BCUT2D eigenvalue weighted by molar-refractivity contribution is 0.255. The second-order valence-corrected chi connectivity index (χ2v) is 5.42. The topological polar surface area (TPSA) is 38.5 Å². The molecule has 0 radical (unpaired) electrons. The third-order valence-corrected chi connectivity index (χ3v) is 3.98. The van der Waals surface area contributed by atoms with Crippen LogP contribution in [-0.4, -0.2) is 31.1 Å². The average molecular weight is 248 g/mol. The molecule has 3 nitrogen and oxygen atoms in total. The minimum absolute atomic E-state index is 0.630. The summed E-state index contributed by atoms with van der Waals surface area (Å²) in [6.07, 6.45) is 1.22. The summed E-state index contributed by atoms with van der Waals surface area (Å²) in [5.41, 5.74) is 8.28. The van der Waals surface area contributed by atoms with Crippen LogP contribution in [0.2, 0.25) is 0 Å². The quantitative estimate of drug-likeness (QED) is 0.887. The molecular weight excluding hydrogens is 224 g/mol. The van der Waals surface area contributed by atoms with E-state index in [0.717, 1.165) is 25.4 Å². The maximum absolute atomic E-state index is 5.77. The van der Waals surface area contributed by atoms with Gasteiger partial charge in [0.2, 0.25) is 0 Å². The van der Waals surface area contributed by atoms with Crippen molar-refractivity contribution in [3.05, 3.63) is 29.3 Å². The predicted molar refractivity (Wildman–Crippen MR) is 74.8 cm³/mol. The fourth-order valence-corrected chi connectivity index (χ4v) is 2.81. The first kappa shape index (κ1) is 13.4. The molecule has 0 amide bonds. The van der Waals surface area contributed by atoms with Gasteiger partial charge in [-0.2, -0.15) is 0 Å². The van der Waals surface area contributed by atoms with Crippen LogP contribution in [0.4, 0.5) is 0 Å². The van der Waals surface area contributed by atoms with Crippen LogP contribution in [0.3, 0.4) is 0 Å². The summed E-state index contributed by atoms with van der Waals surface area (Å²) >= 11 is 0. The summed E-state index contributed by atoms with van der Waals surface area (Å²) < 4.78 is 5.38. The minimum Gasteiger partial charge on any atom is -0.496 e. The number of nitrogens with two attached hydrogens (primary N) is 1. The Bertz CT molecular complexity index is 405. The molecule has 1 aromatic carbocycles. The number of methoxy groups -OCH3 is 1. The maximum Gasteiger partial charge on any atom is 0.122 e. The lowest BCUT2D eigenvalue weighted by atomic mass is 10.1. The first-order valence-corrected chi connectivity index (χ1v) is 6.71. The van der Waals surface area contributed by atoms with Gasteiger partial charge in [0.05, 0.1) is 7.11 Å². The molecule has 1 aliphatic rings. The molecule has 2 atom stereocenters. The van der Waals surface area contributed by atoms with Crippen molar-refractivity contribution in [1.29, 1.82) is 0 Å². The molecule has 0 spiro atoms. The predicted octanol–water partition coefficient (Wildman–Crippen LogP) is 2.17. The Kier molecular flexibility index (Phi) is 4.25. The number of benzene rings is 1. The summed E-state index contributed by atoms with van der Waals surface area (Å²) in [4.78, 5) is 2.52. The molecule has 1 aromatic rings. The highest BCUT2D eigenvalue weighted by atomic mass is 16.5. The van der Waals surface area contributed by atoms with Gasteiger partial charge in [0.15, 0.2) is 0 Å². The van der Waals surface area contributed by atoms with Crippen LogP contribution in [0.5, 0.6) is 5.75 Å². The van der Waals surface area contributed by atoms with Crippen molar-refractivity contribution < 1.29 is 4.74 Å². The van der Waals surface area contributed by atoms with Crippen molar-refractivity contribution in [2.45, 2.75) is 32.9 Å². The molecular formula is C15H24N2O. The molecule has 1 heterocycles. The molecule has 2 unspecified atom stereocenters. The van der Waals surface area contributed by atoms with Crippen LogP contribution in [0.1, 0.15) is 24.5 Å². The average Bonchev–Trinajstić information content (AvgIpc) is 2.72. The Morgan fingerprint density at radius 2 is 2.22 bits per heavy atom. The maximum atomic E-state index is 5.77. The Morgan fingerprint density at radius 3 is 2.83 bits per heavy atom. The lowest BCUT2D eigenvalue weighted by Crippen LogP contribution is -2.27. The fraction of sp³-hybridized carbons (Fsp3) is 0.600. The van der Waals surface area contributed by atoms with E-state index in [0.29, 0.717) is 12.0 Å². The van der Waals surface area contributed by atoms with Crippen molar-refractivity contribution in [3.63, 3.8) is 0 Å². The number of ether oxygens (including phenoxy) is 1. The highest BCUT2D eigenvalue weighted by molar-refractivity contribution is 5.36. The van der Waals surface area contributed by atoms with Crippen molar-refractivity contribution in [2.24, 2.45) is 11.7 Å². The number of hydrogen-bond acceptors (Lipinski definition) is 3. The number of hydrogen-bond donors (Lipinski definition) is 1. The Balaban J connectivity index is 2.05. The van der Waals surface area contributed by atoms with Crippen molar-refractivity contribution in [1.82, 2.24) is 4.90 Å². The monoisotopic (exact) mass is 248 g/mol. The molecule has 1 aliphatic heterocycles. The lowest BCUT2D eigenvalue weighted by Gasteiger charge is -2.21. The summed E-state index contributed by atoms with van der Waals surface area (Å²) in [6, 6.07) is 7.11. The van der Waals surface area contributed by atoms with Gasteiger partial charge in [0.25, 0.3) is 0 Å². The van der Waals surface area contributed by atoms with E-state index in [1.54, 1.807) is 7.11 Å². The molecule has 0 saturated carbocycles. The summed E-state index contributed by atoms with van der Waals surface area (Å²) in [7, 11) is 1.73. The van der Waals surface area contributed by atoms with Gasteiger partial charge in [0, 0.05) is 19.1 Å². The molecule has 3 heteroatoms. The van der Waals surface area contributed by atoms with Gasteiger partial charge < -0.3 is 10.5 Å². The van der Waals surface area contributed by atoms with Crippen molar-refractivity contribution >= 4 is 0 Å². The molecule has 100 valence electrons. The van der Waals surface area contributed by atoms with E-state index < -0.39 is 0 Å². The van der Waals surface area contributed by atoms with Crippen molar-refractivity contribution in [3.8, 4) is 5.75 Å². The van der Waals surface area contributed by atoms with Crippen LogP contribution < -0.4 is 10.5 Å². The summed E-state index contributed by atoms with van der Waals surface area (Å²) in [5.74, 6) is 1.64. The molecule has 0 bridgehead atoms. The Hall–Kier alpha value is -1.06. The van der Waals surface area contributed by atoms with E-state index in [1.165, 1.54) is 17.5 Å². The van der Waals surface area contributed by atoms with Gasteiger partial charge in [-0.3, -0.25) is 4.90 Å². The zero-order valence-corrected chi connectivity index (χ0v) is 11.6. The normalized spacial score (nSPS) is 24.4. The molecule has 0 aliphatic carbocycles. The first-order chi connectivity index (χ1) is 8.63.